The molecule has 27 heavy (non-hydrogen) atoms. The van der Waals surface area contributed by atoms with Crippen molar-refractivity contribution in [1.29, 1.82) is 0 Å². The minimum Gasteiger partial charge on any atom is -0.451 e. The van der Waals surface area contributed by atoms with Crippen LogP contribution < -0.4 is 10.2 Å². The van der Waals surface area contributed by atoms with E-state index in [1.807, 2.05) is 48.5 Å². The van der Waals surface area contributed by atoms with Crippen molar-refractivity contribution in [3.8, 4) is 0 Å². The fourth-order valence-electron chi connectivity index (χ4n) is 3.34. The Bertz CT molecular complexity index is 913. The second kappa shape index (κ2) is 8.27. The highest BCUT2D eigenvalue weighted by atomic mass is 16.5. The molecular formula is C22H26N2O3. The minimum absolute atomic E-state index is 0.276. The lowest BCUT2D eigenvalue weighted by Crippen LogP contribution is -2.30. The summed E-state index contributed by atoms with van der Waals surface area (Å²) in [4.78, 5) is 15.1. The van der Waals surface area contributed by atoms with Gasteiger partial charge in [-0.25, -0.2) is 0 Å². The molecule has 0 atom stereocenters. The zero-order valence-electron chi connectivity index (χ0n) is 16.3. The van der Waals surface area contributed by atoms with Gasteiger partial charge < -0.3 is 19.4 Å². The minimum atomic E-state index is -0.276. The van der Waals surface area contributed by atoms with Gasteiger partial charge in [0.2, 0.25) is 0 Å². The highest BCUT2D eigenvalue weighted by Crippen LogP contribution is 2.27. The van der Waals surface area contributed by atoms with Gasteiger partial charge in [0.05, 0.1) is 6.61 Å². The van der Waals surface area contributed by atoms with Gasteiger partial charge in [-0.3, -0.25) is 4.79 Å². The molecule has 0 radical (unpaired) electrons. The van der Waals surface area contributed by atoms with E-state index < -0.39 is 0 Å². The Morgan fingerprint density at radius 2 is 1.85 bits per heavy atom. The van der Waals surface area contributed by atoms with E-state index >= 15 is 0 Å². The number of para-hydroxylation sites is 1. The number of furan rings is 1. The van der Waals surface area contributed by atoms with Crippen LogP contribution in [0.5, 0.6) is 0 Å². The van der Waals surface area contributed by atoms with Gasteiger partial charge in [-0.1, -0.05) is 18.2 Å². The third-order valence-electron chi connectivity index (χ3n) is 4.61. The average molecular weight is 366 g/mol. The Morgan fingerprint density at radius 1 is 1.15 bits per heavy atom. The number of nitrogens with zero attached hydrogens (tertiary/aromatic N) is 1. The second-order valence-corrected chi connectivity index (χ2v) is 6.72. The maximum Gasteiger partial charge on any atom is 0.291 e. The molecule has 0 fully saturated rings. The third-order valence-corrected chi connectivity index (χ3v) is 4.61. The lowest BCUT2D eigenvalue weighted by molar-refractivity contribution is 0.0992. The Kier molecular flexibility index (Phi) is 5.81. The molecule has 5 heteroatoms. The maximum absolute atomic E-state index is 12.8. The second-order valence-electron chi connectivity index (χ2n) is 6.72. The van der Waals surface area contributed by atoms with E-state index in [9.17, 15) is 4.79 Å². The molecule has 1 N–H and O–H groups in total. The summed E-state index contributed by atoms with van der Waals surface area (Å²) in [7, 11) is 1.61. The van der Waals surface area contributed by atoms with Crippen LogP contribution in [0.2, 0.25) is 0 Å². The van der Waals surface area contributed by atoms with Gasteiger partial charge >= 0.3 is 0 Å². The molecule has 0 aliphatic rings. The first-order valence-corrected chi connectivity index (χ1v) is 9.22. The summed E-state index contributed by atoms with van der Waals surface area (Å²) in [6.45, 7) is 7.71. The quantitative estimate of drug-likeness (QED) is 0.634. The number of rotatable bonds is 7. The van der Waals surface area contributed by atoms with Crippen LogP contribution in [0.4, 0.5) is 11.4 Å². The van der Waals surface area contributed by atoms with Crippen molar-refractivity contribution in [2.75, 3.05) is 23.9 Å². The largest absolute Gasteiger partial charge is 0.451 e. The average Bonchev–Trinajstić information content (AvgIpc) is 3.03. The van der Waals surface area contributed by atoms with Gasteiger partial charge in [0.25, 0.3) is 5.91 Å². The van der Waals surface area contributed by atoms with E-state index in [0.717, 1.165) is 28.9 Å². The summed E-state index contributed by atoms with van der Waals surface area (Å²) in [5.74, 6) is 0.0155. The molecule has 0 spiro atoms. The number of amides is 1. The van der Waals surface area contributed by atoms with Crippen molar-refractivity contribution in [3.05, 3.63) is 59.9 Å². The summed E-state index contributed by atoms with van der Waals surface area (Å²) in [6.07, 6.45) is 0. The highest BCUT2D eigenvalue weighted by molar-refractivity contribution is 6.06. The number of benzene rings is 2. The van der Waals surface area contributed by atoms with E-state index in [4.69, 9.17) is 9.15 Å². The van der Waals surface area contributed by atoms with Crippen molar-refractivity contribution in [3.63, 3.8) is 0 Å². The molecule has 0 saturated heterocycles. The van der Waals surface area contributed by atoms with Gasteiger partial charge in [0.15, 0.2) is 5.76 Å². The van der Waals surface area contributed by atoms with Crippen molar-refractivity contribution in [2.45, 2.75) is 33.4 Å². The molecule has 0 unspecified atom stereocenters. The molecule has 2 aromatic carbocycles. The molecule has 0 saturated carbocycles. The lowest BCUT2D eigenvalue weighted by atomic mass is 10.1. The van der Waals surface area contributed by atoms with Gasteiger partial charge in [-0.15, -0.1) is 0 Å². The van der Waals surface area contributed by atoms with E-state index in [2.05, 4.69) is 31.0 Å². The first-order chi connectivity index (χ1) is 13.0. The van der Waals surface area contributed by atoms with Crippen LogP contribution >= 0.6 is 0 Å². The van der Waals surface area contributed by atoms with Gasteiger partial charge in [0, 0.05) is 42.0 Å². The first-order valence-electron chi connectivity index (χ1n) is 9.22. The SMILES string of the molecule is CCN(c1ccc(NC(=O)c2oc3ccccc3c2COC)cc1)C(C)C. The Hall–Kier alpha value is -2.79. The Labute approximate surface area is 159 Å². The van der Waals surface area contributed by atoms with Crippen molar-refractivity contribution >= 4 is 28.3 Å². The smallest absolute Gasteiger partial charge is 0.291 e. The molecule has 0 bridgehead atoms. The van der Waals surface area contributed by atoms with E-state index in [1.54, 1.807) is 7.11 Å². The van der Waals surface area contributed by atoms with E-state index in [-0.39, 0.29) is 5.91 Å². The molecule has 1 heterocycles. The highest BCUT2D eigenvalue weighted by Gasteiger charge is 2.20. The molecule has 0 aliphatic carbocycles. The molecular weight excluding hydrogens is 340 g/mol. The summed E-state index contributed by atoms with van der Waals surface area (Å²) in [5, 5.41) is 3.82. The molecule has 5 nitrogen and oxygen atoms in total. The van der Waals surface area contributed by atoms with Crippen LogP contribution in [-0.2, 0) is 11.3 Å². The standard InChI is InChI=1S/C22H26N2O3/c1-5-24(15(2)3)17-12-10-16(11-13-17)23-22(25)21-19(14-26-4)18-8-6-7-9-20(18)27-21/h6-13,15H,5,14H2,1-4H3,(H,23,25). The monoisotopic (exact) mass is 366 g/mol. The lowest BCUT2D eigenvalue weighted by Gasteiger charge is -2.27. The number of hydrogen-bond acceptors (Lipinski definition) is 4. The predicted octanol–water partition coefficient (Wildman–Crippen LogP) is 5.07. The molecule has 3 rings (SSSR count). The Morgan fingerprint density at radius 3 is 2.48 bits per heavy atom. The number of nitrogens with one attached hydrogen (secondary N) is 1. The van der Waals surface area contributed by atoms with E-state index in [0.29, 0.717) is 24.0 Å². The zero-order chi connectivity index (χ0) is 19.4. The predicted molar refractivity (Wildman–Crippen MR) is 109 cm³/mol. The van der Waals surface area contributed by atoms with Crippen LogP contribution in [0.1, 0.15) is 36.9 Å². The molecule has 1 aromatic heterocycles. The zero-order valence-corrected chi connectivity index (χ0v) is 16.3. The summed E-state index contributed by atoms with van der Waals surface area (Å²) in [5.41, 5.74) is 3.31. The summed E-state index contributed by atoms with van der Waals surface area (Å²) >= 11 is 0. The van der Waals surface area contributed by atoms with E-state index in [1.165, 1.54) is 0 Å². The fraction of sp³-hybridized carbons (Fsp3) is 0.318. The maximum atomic E-state index is 12.8. The van der Waals surface area contributed by atoms with Gasteiger partial charge in [-0.2, -0.15) is 0 Å². The topological polar surface area (TPSA) is 54.7 Å². The van der Waals surface area contributed by atoms with Crippen molar-refractivity contribution in [2.24, 2.45) is 0 Å². The number of fused-ring (bicyclic) bond motifs is 1. The number of methoxy groups -OCH3 is 1. The number of anilines is 2. The third kappa shape index (κ3) is 3.98. The van der Waals surface area contributed by atoms with Crippen LogP contribution in [0.15, 0.2) is 52.9 Å². The van der Waals surface area contributed by atoms with Crippen molar-refractivity contribution < 1.29 is 13.9 Å². The van der Waals surface area contributed by atoms with Crippen LogP contribution in [0.3, 0.4) is 0 Å². The normalized spacial score (nSPS) is 11.1. The van der Waals surface area contributed by atoms with Gasteiger partial charge in [-0.05, 0) is 51.1 Å². The summed E-state index contributed by atoms with van der Waals surface area (Å²) in [6, 6.07) is 15.9. The number of carbonyl (C=O) groups is 1. The summed E-state index contributed by atoms with van der Waals surface area (Å²) < 4.78 is 11.1. The molecule has 3 aromatic rings. The van der Waals surface area contributed by atoms with Crippen molar-refractivity contribution in [1.82, 2.24) is 0 Å². The molecule has 1 amide bonds. The fourth-order valence-corrected chi connectivity index (χ4v) is 3.34. The number of ether oxygens (including phenoxy) is 1. The first kappa shape index (κ1) is 19.0. The molecule has 142 valence electrons. The van der Waals surface area contributed by atoms with Crippen LogP contribution in [-0.4, -0.2) is 25.6 Å². The Balaban J connectivity index is 1.83. The molecule has 0 aliphatic heterocycles. The van der Waals surface area contributed by atoms with Crippen LogP contribution in [0, 0.1) is 0 Å². The number of carbonyl (C=O) groups excluding carboxylic acids is 1. The van der Waals surface area contributed by atoms with Crippen LogP contribution in [0.25, 0.3) is 11.0 Å². The number of hydrogen-bond donors (Lipinski definition) is 1. The van der Waals surface area contributed by atoms with Gasteiger partial charge in [0.1, 0.15) is 5.58 Å².